The smallest absolute Gasteiger partial charge is 0.306 e. The molecule has 0 aliphatic heterocycles. The van der Waals surface area contributed by atoms with Gasteiger partial charge in [-0.3, -0.25) is 14.4 Å². The Bertz CT molecular complexity index is 1470. The summed E-state index contributed by atoms with van der Waals surface area (Å²) in [4.78, 5) is 38.4. The van der Waals surface area contributed by atoms with Crippen LogP contribution >= 0.6 is 0 Å². The minimum Gasteiger partial charge on any atom is -0.462 e. The number of hydrogen-bond donors (Lipinski definition) is 0. The summed E-state index contributed by atoms with van der Waals surface area (Å²) in [6.07, 6.45) is 89.2. The van der Waals surface area contributed by atoms with Crippen molar-refractivity contribution in [1.29, 1.82) is 0 Å². The summed E-state index contributed by atoms with van der Waals surface area (Å²) in [5.41, 5.74) is 0. The van der Waals surface area contributed by atoms with E-state index in [-0.39, 0.29) is 31.1 Å². The van der Waals surface area contributed by atoms with E-state index in [4.69, 9.17) is 14.2 Å². The molecule has 0 heterocycles. The second-order valence-electron chi connectivity index (χ2n) is 23.4. The molecule has 0 saturated carbocycles. The molecule has 6 nitrogen and oxygen atoms in total. The van der Waals surface area contributed by atoms with Gasteiger partial charge >= 0.3 is 17.9 Å². The van der Waals surface area contributed by atoms with Crippen molar-refractivity contribution in [2.45, 2.75) is 367 Å². The number of ether oxygens (including phenoxy) is 3. The molecule has 6 heteroatoms. The lowest BCUT2D eigenvalue weighted by atomic mass is 10.0. The summed E-state index contributed by atoms with van der Waals surface area (Å²) in [7, 11) is 0. The van der Waals surface area contributed by atoms with Gasteiger partial charge < -0.3 is 14.2 Å². The van der Waals surface area contributed by atoms with Gasteiger partial charge in [0.2, 0.25) is 0 Å². The highest BCUT2D eigenvalue weighted by Crippen LogP contribution is 2.18. The number of allylic oxidation sites excluding steroid dienone is 12. The minimum absolute atomic E-state index is 0.0702. The molecule has 0 bridgehead atoms. The van der Waals surface area contributed by atoms with E-state index in [1.165, 1.54) is 225 Å². The zero-order chi connectivity index (χ0) is 57.8. The minimum atomic E-state index is -0.774. The summed E-state index contributed by atoms with van der Waals surface area (Å²) in [5, 5.41) is 0. The SMILES string of the molecule is CC/C=C\C/C=C\C/C=C\C/C=C\C/C=C\C/C=C\CCCCCCCCCCCCC(=O)OCC(COC(=O)CCCCCCCCCCCCCCCCC)OC(=O)CCCCCCCCCCCCCCCCCCCC. The van der Waals surface area contributed by atoms with E-state index in [2.05, 4.69) is 93.7 Å². The van der Waals surface area contributed by atoms with Gasteiger partial charge in [0.25, 0.3) is 0 Å². The second-order valence-corrected chi connectivity index (χ2v) is 23.4. The van der Waals surface area contributed by atoms with Crippen molar-refractivity contribution in [1.82, 2.24) is 0 Å². The molecule has 0 saturated heterocycles. The number of rotatable bonds is 64. The van der Waals surface area contributed by atoms with Crippen LogP contribution in [0.3, 0.4) is 0 Å². The Hall–Kier alpha value is -3.15. The van der Waals surface area contributed by atoms with E-state index >= 15 is 0 Å². The van der Waals surface area contributed by atoms with Gasteiger partial charge in [0.15, 0.2) is 6.10 Å². The van der Waals surface area contributed by atoms with Crippen LogP contribution in [0.4, 0.5) is 0 Å². The van der Waals surface area contributed by atoms with Gasteiger partial charge in [-0.05, 0) is 70.6 Å². The van der Waals surface area contributed by atoms with E-state index in [1.54, 1.807) is 0 Å². The van der Waals surface area contributed by atoms with Crippen LogP contribution in [-0.4, -0.2) is 37.2 Å². The lowest BCUT2D eigenvalue weighted by Gasteiger charge is -2.18. The van der Waals surface area contributed by atoms with Crippen LogP contribution < -0.4 is 0 Å². The van der Waals surface area contributed by atoms with Crippen molar-refractivity contribution in [3.63, 3.8) is 0 Å². The predicted molar refractivity (Wildman–Crippen MR) is 348 cm³/mol. The molecule has 0 amide bonds. The molecular weight excluding hydrogens is 985 g/mol. The topological polar surface area (TPSA) is 78.9 Å². The fraction of sp³-hybridized carbons (Fsp3) is 0.797. The van der Waals surface area contributed by atoms with Crippen LogP contribution in [0.2, 0.25) is 0 Å². The van der Waals surface area contributed by atoms with E-state index in [1.807, 2.05) is 0 Å². The normalized spacial score (nSPS) is 12.5. The highest BCUT2D eigenvalue weighted by atomic mass is 16.6. The lowest BCUT2D eigenvalue weighted by molar-refractivity contribution is -0.167. The predicted octanol–water partition coefficient (Wildman–Crippen LogP) is 24.1. The third kappa shape index (κ3) is 65.7. The molecular formula is C74H132O6. The average Bonchev–Trinajstić information content (AvgIpc) is 3.46. The molecule has 0 aliphatic carbocycles. The molecule has 0 N–H and O–H groups in total. The van der Waals surface area contributed by atoms with Gasteiger partial charge in [-0.1, -0.05) is 344 Å². The standard InChI is InChI=1S/C74H132O6/c1-4-7-10-13-16-19-22-25-28-30-32-33-34-35-36-37-38-39-40-41-42-44-46-49-52-55-58-61-64-67-73(76)79-70-71(69-78-72(75)66-63-60-57-54-51-48-45-27-24-21-18-15-12-9-6-3)80-74(77)68-65-62-59-56-53-50-47-43-31-29-26-23-20-17-14-11-8-5-2/h7,10,16,19,25,28,32-33,35-36,38-39,71H,4-6,8-9,11-15,17-18,20-24,26-27,29-31,34,37,40-70H2,1-3H3/b10-7-,19-16-,28-25-,33-32-,36-35-,39-38-. The number of carbonyl (C=O) groups excluding carboxylic acids is 3. The summed E-state index contributed by atoms with van der Waals surface area (Å²) in [6.45, 7) is 6.59. The van der Waals surface area contributed by atoms with Crippen molar-refractivity contribution < 1.29 is 28.6 Å². The molecule has 1 atom stereocenters. The Kier molecular flexibility index (Phi) is 65.7. The maximum absolute atomic E-state index is 12.9. The molecule has 0 aromatic rings. The molecule has 464 valence electrons. The average molecular weight is 1120 g/mol. The van der Waals surface area contributed by atoms with Gasteiger partial charge in [0.05, 0.1) is 0 Å². The maximum atomic E-state index is 12.9. The summed E-state index contributed by atoms with van der Waals surface area (Å²) < 4.78 is 17.0. The van der Waals surface area contributed by atoms with Crippen molar-refractivity contribution >= 4 is 17.9 Å². The van der Waals surface area contributed by atoms with Gasteiger partial charge in [-0.15, -0.1) is 0 Å². The Morgan fingerprint density at radius 2 is 0.487 bits per heavy atom. The fourth-order valence-electron chi connectivity index (χ4n) is 10.3. The third-order valence-electron chi connectivity index (χ3n) is 15.5. The number of esters is 3. The van der Waals surface area contributed by atoms with Crippen LogP contribution in [0.25, 0.3) is 0 Å². The number of hydrogen-bond acceptors (Lipinski definition) is 6. The first-order valence-electron chi connectivity index (χ1n) is 34.9. The quantitative estimate of drug-likeness (QED) is 0.0261. The molecule has 0 fully saturated rings. The molecule has 0 aromatic heterocycles. The van der Waals surface area contributed by atoms with Crippen LogP contribution in [0.1, 0.15) is 361 Å². The first-order chi connectivity index (χ1) is 39.5. The Labute approximate surface area is 497 Å². The highest BCUT2D eigenvalue weighted by Gasteiger charge is 2.19. The zero-order valence-electron chi connectivity index (χ0n) is 53.3. The highest BCUT2D eigenvalue weighted by molar-refractivity contribution is 5.71. The molecule has 0 aliphatic rings. The number of carbonyl (C=O) groups is 3. The van der Waals surface area contributed by atoms with Crippen LogP contribution in [0, 0.1) is 0 Å². The Morgan fingerprint density at radius 3 is 0.762 bits per heavy atom. The molecule has 0 rings (SSSR count). The summed E-state index contributed by atoms with van der Waals surface area (Å²) in [6, 6.07) is 0. The largest absolute Gasteiger partial charge is 0.462 e. The first kappa shape index (κ1) is 76.9. The molecule has 0 spiro atoms. The van der Waals surface area contributed by atoms with Gasteiger partial charge in [0, 0.05) is 19.3 Å². The zero-order valence-corrected chi connectivity index (χ0v) is 53.3. The van der Waals surface area contributed by atoms with Gasteiger partial charge in [-0.2, -0.15) is 0 Å². The monoisotopic (exact) mass is 1120 g/mol. The lowest BCUT2D eigenvalue weighted by Crippen LogP contribution is -2.30. The third-order valence-corrected chi connectivity index (χ3v) is 15.5. The van der Waals surface area contributed by atoms with Crippen molar-refractivity contribution in [3.8, 4) is 0 Å². The Morgan fingerprint density at radius 1 is 0.263 bits per heavy atom. The Balaban J connectivity index is 4.28. The fourth-order valence-corrected chi connectivity index (χ4v) is 10.3. The molecule has 1 unspecified atom stereocenters. The summed E-state index contributed by atoms with van der Waals surface area (Å²) >= 11 is 0. The first-order valence-corrected chi connectivity index (χ1v) is 34.9. The number of unbranched alkanes of at least 4 members (excludes halogenated alkanes) is 41. The van der Waals surface area contributed by atoms with E-state index in [0.29, 0.717) is 19.3 Å². The van der Waals surface area contributed by atoms with E-state index < -0.39 is 6.10 Å². The summed E-state index contributed by atoms with van der Waals surface area (Å²) in [5.74, 6) is -0.850. The van der Waals surface area contributed by atoms with Crippen molar-refractivity contribution in [3.05, 3.63) is 72.9 Å². The van der Waals surface area contributed by atoms with Crippen molar-refractivity contribution in [2.24, 2.45) is 0 Å². The van der Waals surface area contributed by atoms with Crippen molar-refractivity contribution in [2.75, 3.05) is 13.2 Å². The molecule has 0 aromatic carbocycles. The van der Waals surface area contributed by atoms with E-state index in [9.17, 15) is 14.4 Å². The van der Waals surface area contributed by atoms with Gasteiger partial charge in [0.1, 0.15) is 13.2 Å². The van der Waals surface area contributed by atoms with Gasteiger partial charge in [-0.25, -0.2) is 0 Å². The molecule has 0 radical (unpaired) electrons. The van der Waals surface area contributed by atoms with E-state index in [0.717, 1.165) is 96.3 Å². The maximum Gasteiger partial charge on any atom is 0.306 e. The van der Waals surface area contributed by atoms with Crippen LogP contribution in [0.15, 0.2) is 72.9 Å². The van der Waals surface area contributed by atoms with Crippen LogP contribution in [-0.2, 0) is 28.6 Å². The molecule has 80 heavy (non-hydrogen) atoms. The van der Waals surface area contributed by atoms with Crippen LogP contribution in [0.5, 0.6) is 0 Å². The second kappa shape index (κ2) is 68.3.